The summed E-state index contributed by atoms with van der Waals surface area (Å²) in [5, 5.41) is 5.93. The molecule has 5 heteroatoms. The van der Waals surface area contributed by atoms with Gasteiger partial charge in [0.2, 0.25) is 0 Å². The van der Waals surface area contributed by atoms with Crippen LogP contribution in [0.1, 0.15) is 28.2 Å². The number of hydrogen-bond acceptors (Lipinski definition) is 3. The van der Waals surface area contributed by atoms with Gasteiger partial charge in [-0.05, 0) is 30.5 Å². The number of aryl methyl sites for hydroxylation is 1. The van der Waals surface area contributed by atoms with Gasteiger partial charge in [0, 0.05) is 29.7 Å². The molecule has 102 valence electrons. The van der Waals surface area contributed by atoms with Crippen molar-refractivity contribution in [3.05, 3.63) is 52.5 Å². The van der Waals surface area contributed by atoms with Crippen LogP contribution in [0, 0.1) is 0 Å². The SMILES string of the molecule is C[C@H](NC(=O)c1ccnc2c1ccn2C)c1cccs1. The van der Waals surface area contributed by atoms with Gasteiger partial charge in [-0.1, -0.05) is 6.07 Å². The average Bonchev–Trinajstić information content (AvgIpc) is 3.09. The zero-order chi connectivity index (χ0) is 14.1. The van der Waals surface area contributed by atoms with E-state index in [0.717, 1.165) is 15.9 Å². The number of carbonyl (C=O) groups is 1. The first-order valence-electron chi connectivity index (χ1n) is 6.41. The van der Waals surface area contributed by atoms with E-state index in [0.29, 0.717) is 5.56 Å². The summed E-state index contributed by atoms with van der Waals surface area (Å²) in [4.78, 5) is 17.9. The standard InChI is InChI=1S/C15H15N3OS/c1-10(13-4-3-9-20-13)17-15(19)12-5-7-16-14-11(12)6-8-18(14)2/h3-10H,1-2H3,(H,17,19)/t10-/m0/s1. The van der Waals surface area contributed by atoms with Crippen molar-refractivity contribution in [3.63, 3.8) is 0 Å². The number of thiophene rings is 1. The van der Waals surface area contributed by atoms with Crippen molar-refractivity contribution in [2.75, 3.05) is 0 Å². The highest BCUT2D eigenvalue weighted by Gasteiger charge is 2.15. The summed E-state index contributed by atoms with van der Waals surface area (Å²) in [5.74, 6) is -0.0653. The first-order chi connectivity index (χ1) is 9.66. The molecule has 3 aromatic rings. The Morgan fingerprint density at radius 1 is 1.40 bits per heavy atom. The molecule has 0 aliphatic carbocycles. The maximum absolute atomic E-state index is 12.4. The normalized spacial score (nSPS) is 12.5. The van der Waals surface area contributed by atoms with Crippen LogP contribution >= 0.6 is 11.3 Å². The van der Waals surface area contributed by atoms with Gasteiger partial charge < -0.3 is 9.88 Å². The first-order valence-corrected chi connectivity index (χ1v) is 7.29. The summed E-state index contributed by atoms with van der Waals surface area (Å²) >= 11 is 1.64. The fourth-order valence-electron chi connectivity index (χ4n) is 2.25. The Hall–Kier alpha value is -2.14. The molecule has 0 saturated carbocycles. The molecule has 0 radical (unpaired) electrons. The highest BCUT2D eigenvalue weighted by molar-refractivity contribution is 7.10. The molecule has 0 aliphatic rings. The molecule has 0 bridgehead atoms. The first kappa shape index (κ1) is 12.9. The Labute approximate surface area is 121 Å². The molecular formula is C15H15N3OS. The largest absolute Gasteiger partial charge is 0.345 e. The van der Waals surface area contributed by atoms with Crippen LogP contribution in [0.4, 0.5) is 0 Å². The van der Waals surface area contributed by atoms with Crippen molar-refractivity contribution in [1.29, 1.82) is 0 Å². The Morgan fingerprint density at radius 3 is 3.00 bits per heavy atom. The Kier molecular flexibility index (Phi) is 3.28. The lowest BCUT2D eigenvalue weighted by molar-refractivity contribution is 0.0942. The number of amides is 1. The smallest absolute Gasteiger partial charge is 0.252 e. The molecule has 1 amide bonds. The zero-order valence-corrected chi connectivity index (χ0v) is 12.1. The van der Waals surface area contributed by atoms with Gasteiger partial charge in [-0.25, -0.2) is 4.98 Å². The van der Waals surface area contributed by atoms with Crippen molar-refractivity contribution in [2.24, 2.45) is 7.05 Å². The molecule has 0 fully saturated rings. The average molecular weight is 285 g/mol. The Morgan fingerprint density at radius 2 is 2.25 bits per heavy atom. The highest BCUT2D eigenvalue weighted by atomic mass is 32.1. The number of nitrogens with one attached hydrogen (secondary N) is 1. The van der Waals surface area contributed by atoms with E-state index in [1.807, 2.05) is 48.3 Å². The van der Waals surface area contributed by atoms with Crippen molar-refractivity contribution in [1.82, 2.24) is 14.9 Å². The molecule has 3 rings (SSSR count). The molecule has 0 spiro atoms. The highest BCUT2D eigenvalue weighted by Crippen LogP contribution is 2.21. The second-order valence-electron chi connectivity index (χ2n) is 4.73. The molecule has 1 atom stereocenters. The lowest BCUT2D eigenvalue weighted by Crippen LogP contribution is -2.26. The summed E-state index contributed by atoms with van der Waals surface area (Å²) in [5.41, 5.74) is 1.49. The van der Waals surface area contributed by atoms with Gasteiger partial charge >= 0.3 is 0 Å². The molecule has 1 N–H and O–H groups in total. The molecule has 3 aromatic heterocycles. The van der Waals surface area contributed by atoms with Gasteiger partial charge in [-0.15, -0.1) is 11.3 Å². The minimum Gasteiger partial charge on any atom is -0.345 e. The van der Waals surface area contributed by atoms with Crippen LogP contribution < -0.4 is 5.32 Å². The van der Waals surface area contributed by atoms with Crippen LogP contribution in [-0.2, 0) is 7.05 Å². The fraction of sp³-hybridized carbons (Fsp3) is 0.200. The second kappa shape index (κ2) is 5.09. The van der Waals surface area contributed by atoms with Crippen LogP contribution in [0.3, 0.4) is 0 Å². The van der Waals surface area contributed by atoms with E-state index in [1.165, 1.54) is 0 Å². The molecule has 0 aliphatic heterocycles. The van der Waals surface area contributed by atoms with Crippen molar-refractivity contribution >= 4 is 28.3 Å². The lowest BCUT2D eigenvalue weighted by atomic mass is 10.1. The third-order valence-electron chi connectivity index (χ3n) is 3.33. The summed E-state index contributed by atoms with van der Waals surface area (Å²) in [6.45, 7) is 1.99. The van der Waals surface area contributed by atoms with E-state index in [4.69, 9.17) is 0 Å². The molecule has 0 saturated heterocycles. The van der Waals surface area contributed by atoms with E-state index >= 15 is 0 Å². The third kappa shape index (κ3) is 2.20. The van der Waals surface area contributed by atoms with Crippen LogP contribution in [0.5, 0.6) is 0 Å². The van der Waals surface area contributed by atoms with Gasteiger partial charge in [-0.2, -0.15) is 0 Å². The number of aromatic nitrogens is 2. The predicted molar refractivity (Wildman–Crippen MR) is 80.9 cm³/mol. The van der Waals surface area contributed by atoms with Crippen LogP contribution in [-0.4, -0.2) is 15.5 Å². The second-order valence-corrected chi connectivity index (χ2v) is 5.71. The van der Waals surface area contributed by atoms with Gasteiger partial charge in [0.15, 0.2) is 0 Å². The van der Waals surface area contributed by atoms with E-state index in [1.54, 1.807) is 23.6 Å². The van der Waals surface area contributed by atoms with E-state index < -0.39 is 0 Å². The summed E-state index contributed by atoms with van der Waals surface area (Å²) in [6, 6.07) is 7.71. The minimum absolute atomic E-state index is 0.00873. The molecule has 4 nitrogen and oxygen atoms in total. The van der Waals surface area contributed by atoms with Crippen molar-refractivity contribution in [2.45, 2.75) is 13.0 Å². The van der Waals surface area contributed by atoms with Gasteiger partial charge in [0.1, 0.15) is 5.65 Å². The molecular weight excluding hydrogens is 270 g/mol. The summed E-state index contributed by atoms with van der Waals surface area (Å²) in [6.07, 6.45) is 3.59. The number of pyridine rings is 1. The quantitative estimate of drug-likeness (QED) is 0.803. The van der Waals surface area contributed by atoms with Gasteiger partial charge in [0.05, 0.1) is 11.6 Å². The molecule has 0 aromatic carbocycles. The van der Waals surface area contributed by atoms with Crippen LogP contribution in [0.2, 0.25) is 0 Å². The third-order valence-corrected chi connectivity index (χ3v) is 4.39. The zero-order valence-electron chi connectivity index (χ0n) is 11.3. The maximum atomic E-state index is 12.4. The monoisotopic (exact) mass is 285 g/mol. The van der Waals surface area contributed by atoms with Crippen molar-refractivity contribution in [3.8, 4) is 0 Å². The van der Waals surface area contributed by atoms with E-state index in [-0.39, 0.29) is 11.9 Å². The van der Waals surface area contributed by atoms with E-state index in [2.05, 4.69) is 10.3 Å². The molecule has 20 heavy (non-hydrogen) atoms. The Balaban J connectivity index is 1.89. The van der Waals surface area contributed by atoms with Crippen LogP contribution in [0.15, 0.2) is 42.0 Å². The topological polar surface area (TPSA) is 46.9 Å². The van der Waals surface area contributed by atoms with Gasteiger partial charge in [0.25, 0.3) is 5.91 Å². The number of rotatable bonds is 3. The van der Waals surface area contributed by atoms with Crippen LogP contribution in [0.25, 0.3) is 11.0 Å². The summed E-state index contributed by atoms with van der Waals surface area (Å²) in [7, 11) is 1.92. The van der Waals surface area contributed by atoms with E-state index in [9.17, 15) is 4.79 Å². The minimum atomic E-state index is -0.0653. The predicted octanol–water partition coefficient (Wildman–Crippen LogP) is 3.13. The maximum Gasteiger partial charge on any atom is 0.252 e. The lowest BCUT2D eigenvalue weighted by Gasteiger charge is -2.12. The number of carbonyl (C=O) groups excluding carboxylic acids is 1. The number of fused-ring (bicyclic) bond motifs is 1. The molecule has 3 heterocycles. The Bertz CT molecular complexity index is 746. The van der Waals surface area contributed by atoms with Crippen molar-refractivity contribution < 1.29 is 4.79 Å². The fourth-order valence-corrected chi connectivity index (χ4v) is 2.98. The van der Waals surface area contributed by atoms with Gasteiger partial charge in [-0.3, -0.25) is 4.79 Å². The summed E-state index contributed by atoms with van der Waals surface area (Å²) < 4.78 is 1.91. The number of nitrogens with zero attached hydrogens (tertiary/aromatic N) is 2. The number of hydrogen-bond donors (Lipinski definition) is 1. The molecule has 0 unspecified atom stereocenters.